The number of halogens is 3. The summed E-state index contributed by atoms with van der Waals surface area (Å²) in [6.45, 7) is 2.24. The Morgan fingerprint density at radius 1 is 1.08 bits per heavy atom. The van der Waals surface area contributed by atoms with Crippen LogP contribution in [-0.4, -0.2) is 27.1 Å². The fourth-order valence-corrected chi connectivity index (χ4v) is 7.28. The summed E-state index contributed by atoms with van der Waals surface area (Å²) in [6.07, 6.45) is 3.91. The van der Waals surface area contributed by atoms with Gasteiger partial charge in [0, 0.05) is 0 Å². The number of hydrogen-bond donors (Lipinski definition) is 0. The molecule has 0 aromatic heterocycles. The summed E-state index contributed by atoms with van der Waals surface area (Å²) < 4.78 is 2.89. The van der Waals surface area contributed by atoms with Crippen molar-refractivity contribution in [3.05, 3.63) is 0 Å². The molecule has 0 unspecified atom stereocenters. The predicted octanol–water partition coefficient (Wildman–Crippen LogP) is 4.37. The van der Waals surface area contributed by atoms with Gasteiger partial charge in [0.25, 0.3) is 0 Å². The van der Waals surface area contributed by atoms with E-state index in [1.807, 2.05) is 0 Å². The van der Waals surface area contributed by atoms with Crippen LogP contribution in [0.25, 0.3) is 0 Å². The Hall–Kier alpha value is 1.89. The van der Waals surface area contributed by atoms with Crippen molar-refractivity contribution in [1.29, 1.82) is 0 Å². The topological polar surface area (TPSA) is 0 Å². The third-order valence-corrected chi connectivity index (χ3v) is 8.18. The fraction of sp³-hybridized carbons (Fsp3) is 1.00. The van der Waals surface area contributed by atoms with Crippen molar-refractivity contribution in [2.45, 2.75) is 41.1 Å². The molecule has 0 aliphatic rings. The minimum atomic E-state index is -2.28. The molecule has 0 spiro atoms. The summed E-state index contributed by atoms with van der Waals surface area (Å²) in [6, 6.07) is -1.42. The van der Waals surface area contributed by atoms with E-state index in [0.717, 1.165) is 6.04 Å². The van der Waals surface area contributed by atoms with Crippen LogP contribution in [0.15, 0.2) is 0 Å². The van der Waals surface area contributed by atoms with Gasteiger partial charge in [-0.2, -0.15) is 0 Å². The first-order valence-electron chi connectivity index (χ1n) is 4.33. The van der Waals surface area contributed by atoms with Gasteiger partial charge in [-0.25, -0.2) is 0 Å². The molecule has 0 saturated heterocycles. The van der Waals surface area contributed by atoms with Gasteiger partial charge in [-0.05, 0) is 0 Å². The zero-order valence-corrected chi connectivity index (χ0v) is 13.5. The maximum atomic E-state index is 5.76. The SMILES string of the molecule is CCC[CH2][Sn+2][CH2]CC[Si](Cl)(Cl)Cl. The van der Waals surface area contributed by atoms with Crippen LogP contribution in [0.1, 0.15) is 26.2 Å². The number of unbranched alkanes of at least 4 members (excludes halogenated alkanes) is 1. The van der Waals surface area contributed by atoms with Crippen molar-refractivity contribution in [2.75, 3.05) is 0 Å². The molecular weight excluding hydrogens is 337 g/mol. The molecule has 0 aromatic rings. The Labute approximate surface area is 101 Å². The van der Waals surface area contributed by atoms with E-state index in [4.69, 9.17) is 33.2 Å². The van der Waals surface area contributed by atoms with E-state index < -0.39 is 6.00 Å². The second-order valence-corrected chi connectivity index (χ2v) is 16.4. The molecule has 70 valence electrons. The monoisotopic (exact) mass is 352 g/mol. The Morgan fingerprint density at radius 3 is 2.17 bits per heavy atom. The first kappa shape index (κ1) is 13.9. The van der Waals surface area contributed by atoms with E-state index >= 15 is 0 Å². The van der Waals surface area contributed by atoms with Gasteiger partial charge in [0.05, 0.1) is 0 Å². The van der Waals surface area contributed by atoms with Crippen LogP contribution in [0.4, 0.5) is 0 Å². The second kappa shape index (κ2) is 8.22. The van der Waals surface area contributed by atoms with Crippen molar-refractivity contribution in [1.82, 2.24) is 0 Å². The molecule has 0 nitrogen and oxygen atoms in total. The molecule has 0 rings (SSSR count). The van der Waals surface area contributed by atoms with Crippen LogP contribution in [0.5, 0.6) is 0 Å². The molecule has 5 heteroatoms. The van der Waals surface area contributed by atoms with Crippen molar-refractivity contribution >= 4 is 60.4 Å². The minimum absolute atomic E-state index is 0.0725. The molecule has 0 saturated carbocycles. The zero-order valence-electron chi connectivity index (χ0n) is 7.38. The van der Waals surface area contributed by atoms with Crippen LogP contribution in [0.3, 0.4) is 0 Å². The summed E-state index contributed by atoms with van der Waals surface area (Å²) in [7, 11) is 0. The van der Waals surface area contributed by atoms with E-state index in [0.29, 0.717) is 0 Å². The average molecular weight is 352 g/mol. The molecule has 0 aliphatic carbocycles. The van der Waals surface area contributed by atoms with E-state index in [2.05, 4.69) is 6.92 Å². The molecule has 0 aromatic carbocycles. The molecule has 0 fully saturated rings. The molecule has 0 radical (unpaired) electrons. The van der Waals surface area contributed by atoms with Crippen molar-refractivity contribution in [3.63, 3.8) is 0 Å². The summed E-state index contributed by atoms with van der Waals surface area (Å²) in [5, 5.41) is 0. The van der Waals surface area contributed by atoms with Gasteiger partial charge < -0.3 is 0 Å². The van der Waals surface area contributed by atoms with Crippen molar-refractivity contribution in [3.8, 4) is 0 Å². The maximum absolute atomic E-state index is 5.76. The third-order valence-electron chi connectivity index (χ3n) is 1.52. The quantitative estimate of drug-likeness (QED) is 0.363. The van der Waals surface area contributed by atoms with Crippen molar-refractivity contribution < 1.29 is 0 Å². The average Bonchev–Trinajstić information content (AvgIpc) is 1.94. The summed E-state index contributed by atoms with van der Waals surface area (Å²) in [5.41, 5.74) is 0. The zero-order chi connectivity index (χ0) is 9.45. The van der Waals surface area contributed by atoms with Crippen LogP contribution in [0, 0.1) is 0 Å². The van der Waals surface area contributed by atoms with Crippen LogP contribution in [-0.2, 0) is 0 Å². The Balaban J connectivity index is 3.01. The third kappa shape index (κ3) is 11.9. The summed E-state index contributed by atoms with van der Waals surface area (Å²) in [4.78, 5) is 0. The predicted molar refractivity (Wildman–Crippen MR) is 63.0 cm³/mol. The van der Waals surface area contributed by atoms with Gasteiger partial charge in [-0.1, -0.05) is 0 Å². The van der Waals surface area contributed by atoms with Crippen LogP contribution >= 0.6 is 33.2 Å². The Bertz CT molecular complexity index is 105. The van der Waals surface area contributed by atoms with E-state index in [-0.39, 0.29) is 21.1 Å². The molecule has 0 aliphatic heterocycles. The molecule has 0 amide bonds. The van der Waals surface area contributed by atoms with Gasteiger partial charge in [-0.3, -0.25) is 0 Å². The van der Waals surface area contributed by atoms with E-state index in [1.54, 1.807) is 0 Å². The van der Waals surface area contributed by atoms with Crippen LogP contribution in [0.2, 0.25) is 14.9 Å². The standard InChI is InChI=1S/C4H9.C3H6Cl3Si.Sn/c1-3-4-2;1-2-3-7(4,5)6;/h1,3-4H2,2H3;1-3H2;/q;;+2. The first-order valence-corrected chi connectivity index (χ1v) is 13.6. The number of hydrogen-bond acceptors (Lipinski definition) is 0. The molecule has 0 atom stereocenters. The molecule has 0 bridgehead atoms. The first-order chi connectivity index (χ1) is 5.56. The van der Waals surface area contributed by atoms with Gasteiger partial charge in [0.1, 0.15) is 0 Å². The van der Waals surface area contributed by atoms with Gasteiger partial charge >= 0.3 is 101 Å². The molecular formula is C7H15Cl3SiSn+2. The van der Waals surface area contributed by atoms with Crippen LogP contribution < -0.4 is 0 Å². The van der Waals surface area contributed by atoms with Gasteiger partial charge in [-0.15, -0.1) is 0 Å². The normalized spacial score (nSPS) is 11.3. The van der Waals surface area contributed by atoms with Gasteiger partial charge in [0.15, 0.2) is 0 Å². The number of rotatable bonds is 7. The molecule has 0 heterocycles. The van der Waals surface area contributed by atoms with Crippen molar-refractivity contribution in [2.24, 2.45) is 0 Å². The van der Waals surface area contributed by atoms with E-state index in [1.165, 1.54) is 28.1 Å². The Morgan fingerprint density at radius 2 is 1.67 bits per heavy atom. The summed E-state index contributed by atoms with van der Waals surface area (Å²) in [5.74, 6) is 0. The van der Waals surface area contributed by atoms with E-state index in [9.17, 15) is 0 Å². The van der Waals surface area contributed by atoms with Gasteiger partial charge in [0.2, 0.25) is 0 Å². The second-order valence-electron chi connectivity index (χ2n) is 2.82. The molecule has 12 heavy (non-hydrogen) atoms. The summed E-state index contributed by atoms with van der Waals surface area (Å²) >= 11 is 17.2. The fourth-order valence-electron chi connectivity index (χ4n) is 0.841. The Kier molecular flexibility index (Phi) is 9.51. The molecule has 0 N–H and O–H groups in total.